The lowest BCUT2D eigenvalue weighted by Gasteiger charge is -2.21. The summed E-state index contributed by atoms with van der Waals surface area (Å²) in [6.07, 6.45) is 0. The molecule has 150 valence electrons. The van der Waals surface area contributed by atoms with Gasteiger partial charge in [0.15, 0.2) is 0 Å². The van der Waals surface area contributed by atoms with Crippen LogP contribution in [0.3, 0.4) is 0 Å². The molecule has 2 rings (SSSR count). The van der Waals surface area contributed by atoms with Crippen LogP contribution in [-0.4, -0.2) is 30.4 Å². The molecule has 0 bridgehead atoms. The number of esters is 1. The van der Waals surface area contributed by atoms with Crippen LogP contribution in [-0.2, 0) is 9.53 Å². The van der Waals surface area contributed by atoms with Crippen LogP contribution in [0.15, 0.2) is 30.3 Å². The largest absolute Gasteiger partial charge is 0.462 e. The van der Waals surface area contributed by atoms with Crippen molar-refractivity contribution in [1.29, 1.82) is 0 Å². The first-order chi connectivity index (χ1) is 13.3. The standard InChI is InChI=1S/C21H26N2O4S/c1-6-27-21(26)16-13(4)14(5)28-20(16)23-19(25)17(12(2)3)22-18(24)15-10-8-7-9-11-15/h7-12,17H,6H2,1-5H3,(H,22,24)(H,23,25). The minimum atomic E-state index is -0.745. The van der Waals surface area contributed by atoms with Gasteiger partial charge in [-0.15, -0.1) is 11.3 Å². The highest BCUT2D eigenvalue weighted by molar-refractivity contribution is 7.16. The van der Waals surface area contributed by atoms with Crippen molar-refractivity contribution in [2.45, 2.75) is 40.7 Å². The van der Waals surface area contributed by atoms with Crippen LogP contribution in [0.25, 0.3) is 0 Å². The molecule has 1 aromatic carbocycles. The van der Waals surface area contributed by atoms with Crippen molar-refractivity contribution in [3.63, 3.8) is 0 Å². The summed E-state index contributed by atoms with van der Waals surface area (Å²) in [6.45, 7) is 9.40. The minimum Gasteiger partial charge on any atom is -0.462 e. The fourth-order valence-electron chi connectivity index (χ4n) is 2.70. The molecule has 0 fully saturated rings. The first kappa shape index (κ1) is 21.6. The Balaban J connectivity index is 2.22. The second-order valence-electron chi connectivity index (χ2n) is 6.76. The van der Waals surface area contributed by atoms with E-state index in [0.717, 1.165) is 10.4 Å². The number of carbonyl (C=O) groups excluding carboxylic acids is 3. The molecule has 1 aromatic heterocycles. The van der Waals surface area contributed by atoms with E-state index in [1.165, 1.54) is 11.3 Å². The molecule has 28 heavy (non-hydrogen) atoms. The topological polar surface area (TPSA) is 84.5 Å². The van der Waals surface area contributed by atoms with Crippen molar-refractivity contribution >= 4 is 34.1 Å². The molecule has 6 nitrogen and oxygen atoms in total. The molecule has 2 amide bonds. The number of amides is 2. The van der Waals surface area contributed by atoms with Crippen LogP contribution in [0.5, 0.6) is 0 Å². The summed E-state index contributed by atoms with van der Waals surface area (Å²) in [5, 5.41) is 6.04. The van der Waals surface area contributed by atoms with Crippen LogP contribution in [0.1, 0.15) is 51.9 Å². The van der Waals surface area contributed by atoms with Gasteiger partial charge >= 0.3 is 5.97 Å². The van der Waals surface area contributed by atoms with Crippen molar-refractivity contribution in [2.75, 3.05) is 11.9 Å². The van der Waals surface area contributed by atoms with Gasteiger partial charge < -0.3 is 15.4 Å². The monoisotopic (exact) mass is 402 g/mol. The van der Waals surface area contributed by atoms with Gasteiger partial charge in [-0.25, -0.2) is 4.79 Å². The lowest BCUT2D eigenvalue weighted by atomic mass is 10.0. The van der Waals surface area contributed by atoms with E-state index in [1.54, 1.807) is 31.2 Å². The number of hydrogen-bond donors (Lipinski definition) is 2. The Bertz CT molecular complexity index is 859. The molecule has 0 aliphatic rings. The summed E-state index contributed by atoms with van der Waals surface area (Å²) < 4.78 is 5.12. The molecule has 0 aliphatic heterocycles. The number of thiophene rings is 1. The number of nitrogens with one attached hydrogen (secondary N) is 2. The molecule has 1 heterocycles. The third-order valence-electron chi connectivity index (χ3n) is 4.37. The lowest BCUT2D eigenvalue weighted by Crippen LogP contribution is -2.47. The third-order valence-corrected chi connectivity index (χ3v) is 5.50. The Labute approximate surface area is 169 Å². The van der Waals surface area contributed by atoms with Gasteiger partial charge in [0.25, 0.3) is 5.91 Å². The molecule has 0 saturated heterocycles. The summed E-state index contributed by atoms with van der Waals surface area (Å²) in [5.74, 6) is -1.29. The molecule has 0 saturated carbocycles. The zero-order valence-electron chi connectivity index (χ0n) is 16.8. The highest BCUT2D eigenvalue weighted by Crippen LogP contribution is 2.33. The van der Waals surface area contributed by atoms with Gasteiger partial charge in [-0.1, -0.05) is 32.0 Å². The average molecular weight is 403 g/mol. The second-order valence-corrected chi connectivity index (χ2v) is 7.98. The number of rotatable bonds is 7. The number of benzene rings is 1. The van der Waals surface area contributed by atoms with E-state index in [1.807, 2.05) is 33.8 Å². The van der Waals surface area contributed by atoms with Crippen LogP contribution < -0.4 is 10.6 Å². The lowest BCUT2D eigenvalue weighted by molar-refractivity contribution is -0.118. The van der Waals surface area contributed by atoms with Gasteiger partial charge in [0.05, 0.1) is 12.2 Å². The summed E-state index contributed by atoms with van der Waals surface area (Å²) >= 11 is 1.32. The second kappa shape index (κ2) is 9.50. The Hall–Kier alpha value is -2.67. The molecule has 1 atom stereocenters. The zero-order chi connectivity index (χ0) is 20.8. The fraction of sp³-hybridized carbons (Fsp3) is 0.381. The third kappa shape index (κ3) is 4.98. The van der Waals surface area contributed by atoms with E-state index in [4.69, 9.17) is 4.74 Å². The van der Waals surface area contributed by atoms with Gasteiger partial charge in [0.2, 0.25) is 5.91 Å². The summed E-state index contributed by atoms with van der Waals surface area (Å²) in [7, 11) is 0. The first-order valence-electron chi connectivity index (χ1n) is 9.20. The number of anilines is 1. The van der Waals surface area contributed by atoms with Crippen molar-refractivity contribution < 1.29 is 19.1 Å². The molecule has 0 aliphatic carbocycles. The van der Waals surface area contributed by atoms with Crippen LogP contribution in [0.2, 0.25) is 0 Å². The normalized spacial score (nSPS) is 11.8. The molecular weight excluding hydrogens is 376 g/mol. The van der Waals surface area contributed by atoms with E-state index >= 15 is 0 Å². The SMILES string of the molecule is CCOC(=O)c1c(NC(=O)C(NC(=O)c2ccccc2)C(C)C)sc(C)c1C. The van der Waals surface area contributed by atoms with Crippen molar-refractivity contribution in [1.82, 2.24) is 5.32 Å². The van der Waals surface area contributed by atoms with Crippen molar-refractivity contribution in [3.05, 3.63) is 51.9 Å². The number of carbonyl (C=O) groups is 3. The summed E-state index contributed by atoms with van der Waals surface area (Å²) in [5.41, 5.74) is 1.64. The first-order valence-corrected chi connectivity index (χ1v) is 10.0. The van der Waals surface area contributed by atoms with Crippen LogP contribution >= 0.6 is 11.3 Å². The van der Waals surface area contributed by atoms with Gasteiger partial charge in [0, 0.05) is 10.4 Å². The zero-order valence-corrected chi connectivity index (χ0v) is 17.6. The van der Waals surface area contributed by atoms with E-state index in [0.29, 0.717) is 16.1 Å². The maximum absolute atomic E-state index is 12.9. The predicted molar refractivity (Wildman–Crippen MR) is 111 cm³/mol. The average Bonchev–Trinajstić information content (AvgIpc) is 2.93. The maximum Gasteiger partial charge on any atom is 0.341 e. The summed E-state index contributed by atoms with van der Waals surface area (Å²) in [6, 6.07) is 7.99. The van der Waals surface area contributed by atoms with Crippen LogP contribution in [0, 0.1) is 19.8 Å². The van der Waals surface area contributed by atoms with E-state index in [9.17, 15) is 14.4 Å². The van der Waals surface area contributed by atoms with Crippen molar-refractivity contribution in [2.24, 2.45) is 5.92 Å². The molecule has 2 N–H and O–H groups in total. The molecular formula is C21H26N2O4S. The molecule has 0 radical (unpaired) electrons. The highest BCUT2D eigenvalue weighted by Gasteiger charge is 2.28. The highest BCUT2D eigenvalue weighted by atomic mass is 32.1. The number of hydrogen-bond acceptors (Lipinski definition) is 5. The van der Waals surface area contributed by atoms with E-state index in [-0.39, 0.29) is 24.3 Å². The minimum absolute atomic E-state index is 0.138. The van der Waals surface area contributed by atoms with E-state index in [2.05, 4.69) is 10.6 Å². The Morgan fingerprint density at radius 1 is 1.11 bits per heavy atom. The Kier molecular flexibility index (Phi) is 7.34. The fourth-order valence-corrected chi connectivity index (χ4v) is 3.75. The number of ether oxygens (including phenoxy) is 1. The van der Waals surface area contributed by atoms with Gasteiger partial charge in [-0.3, -0.25) is 9.59 Å². The quantitative estimate of drug-likeness (QED) is 0.687. The van der Waals surface area contributed by atoms with Crippen molar-refractivity contribution in [3.8, 4) is 0 Å². The molecule has 2 aromatic rings. The Morgan fingerprint density at radius 2 is 1.75 bits per heavy atom. The summed E-state index contributed by atoms with van der Waals surface area (Å²) in [4.78, 5) is 38.6. The van der Waals surface area contributed by atoms with Gasteiger partial charge in [0.1, 0.15) is 11.0 Å². The molecule has 1 unspecified atom stereocenters. The molecule has 7 heteroatoms. The smallest absolute Gasteiger partial charge is 0.341 e. The maximum atomic E-state index is 12.9. The van der Waals surface area contributed by atoms with Gasteiger partial charge in [-0.05, 0) is 44.4 Å². The van der Waals surface area contributed by atoms with Gasteiger partial charge in [-0.2, -0.15) is 0 Å². The van der Waals surface area contributed by atoms with E-state index < -0.39 is 12.0 Å². The predicted octanol–water partition coefficient (Wildman–Crippen LogP) is 3.93. The molecule has 0 spiro atoms. The number of aryl methyl sites for hydroxylation is 1. The van der Waals surface area contributed by atoms with Crippen LogP contribution in [0.4, 0.5) is 5.00 Å². The Morgan fingerprint density at radius 3 is 2.32 bits per heavy atom.